The summed E-state index contributed by atoms with van der Waals surface area (Å²) in [7, 11) is 0. The van der Waals surface area contributed by atoms with Gasteiger partial charge in [-0.15, -0.1) is 0 Å². The van der Waals surface area contributed by atoms with E-state index in [1.54, 1.807) is 18.2 Å². The molecule has 1 fully saturated rings. The molecule has 130 valence electrons. The quantitative estimate of drug-likeness (QED) is 0.586. The molecule has 0 radical (unpaired) electrons. The topological polar surface area (TPSA) is 90.2 Å². The Balaban J connectivity index is 1.45. The van der Waals surface area contributed by atoms with Crippen LogP contribution in [0.4, 0.5) is 0 Å². The largest absolute Gasteiger partial charge is 0.493 e. The number of hydrogen-bond acceptors (Lipinski definition) is 6. The van der Waals surface area contributed by atoms with Gasteiger partial charge in [0.25, 0.3) is 5.56 Å². The van der Waals surface area contributed by atoms with Crippen molar-refractivity contribution >= 4 is 0 Å². The molecule has 0 amide bonds. The molecule has 3 rings (SSSR count). The van der Waals surface area contributed by atoms with Gasteiger partial charge in [-0.05, 0) is 30.9 Å². The number of hydrogen-bond donors (Lipinski definition) is 1. The van der Waals surface area contributed by atoms with Gasteiger partial charge in [0.2, 0.25) is 5.88 Å². The van der Waals surface area contributed by atoms with Crippen LogP contribution in [0.3, 0.4) is 0 Å². The predicted molar refractivity (Wildman–Crippen MR) is 91.9 cm³/mol. The third-order valence-corrected chi connectivity index (χ3v) is 3.85. The van der Waals surface area contributed by atoms with Crippen molar-refractivity contribution in [1.29, 1.82) is 0 Å². The molecule has 1 aliphatic carbocycles. The van der Waals surface area contributed by atoms with Crippen LogP contribution in [0.15, 0.2) is 64.9 Å². The Kier molecular flexibility index (Phi) is 5.13. The van der Waals surface area contributed by atoms with E-state index in [2.05, 4.69) is 28.3 Å². The zero-order valence-electron chi connectivity index (χ0n) is 13.7. The van der Waals surface area contributed by atoms with Gasteiger partial charge in [0.05, 0.1) is 25.1 Å². The fraction of sp³-hybridized carbons (Fsp3) is 0.278. The van der Waals surface area contributed by atoms with Gasteiger partial charge in [-0.3, -0.25) is 4.79 Å². The van der Waals surface area contributed by atoms with Gasteiger partial charge in [-0.1, -0.05) is 19.2 Å². The van der Waals surface area contributed by atoms with Crippen LogP contribution in [-0.2, 0) is 4.74 Å². The maximum absolute atomic E-state index is 11.1. The first kappa shape index (κ1) is 16.8. The summed E-state index contributed by atoms with van der Waals surface area (Å²) in [5.74, 6) is 1.96. The molecule has 0 saturated heterocycles. The van der Waals surface area contributed by atoms with Crippen molar-refractivity contribution in [2.45, 2.75) is 18.9 Å². The van der Waals surface area contributed by atoms with Crippen LogP contribution in [0.25, 0.3) is 11.5 Å². The second-order valence-electron chi connectivity index (χ2n) is 5.71. The first-order valence-electron chi connectivity index (χ1n) is 7.93. The highest BCUT2D eigenvalue weighted by molar-refractivity contribution is 5.49. The lowest BCUT2D eigenvalue weighted by Crippen LogP contribution is -2.36. The summed E-state index contributed by atoms with van der Waals surface area (Å²) in [5.41, 5.74) is 0.152. The van der Waals surface area contributed by atoms with Crippen molar-refractivity contribution in [1.82, 2.24) is 15.1 Å². The third-order valence-electron chi connectivity index (χ3n) is 3.85. The summed E-state index contributed by atoms with van der Waals surface area (Å²) in [6, 6.07) is 1.32. The van der Waals surface area contributed by atoms with Crippen LogP contribution in [0.5, 0.6) is 5.88 Å². The van der Waals surface area contributed by atoms with Gasteiger partial charge in [0.1, 0.15) is 17.6 Å². The van der Waals surface area contributed by atoms with Gasteiger partial charge >= 0.3 is 0 Å². The molecule has 0 spiro atoms. The fourth-order valence-corrected chi connectivity index (χ4v) is 2.50. The number of nitrogens with one attached hydrogen (secondary N) is 1. The number of aromatic nitrogens is 3. The highest BCUT2D eigenvalue weighted by atomic mass is 16.5. The van der Waals surface area contributed by atoms with Gasteiger partial charge in [0.15, 0.2) is 5.76 Å². The van der Waals surface area contributed by atoms with E-state index in [1.165, 1.54) is 18.5 Å². The molecular formula is C18H19N3O4. The van der Waals surface area contributed by atoms with Crippen LogP contribution >= 0.6 is 0 Å². The minimum atomic E-state index is -0.317. The van der Waals surface area contributed by atoms with E-state index in [1.807, 2.05) is 0 Å². The van der Waals surface area contributed by atoms with Gasteiger partial charge in [-0.25, -0.2) is 9.97 Å². The van der Waals surface area contributed by atoms with E-state index < -0.39 is 0 Å². The molecule has 2 heterocycles. The smallest absolute Gasteiger partial charge is 0.280 e. The highest BCUT2D eigenvalue weighted by Gasteiger charge is 2.31. The molecular weight excluding hydrogens is 322 g/mol. The van der Waals surface area contributed by atoms with E-state index in [-0.39, 0.29) is 11.7 Å². The van der Waals surface area contributed by atoms with Crippen LogP contribution in [0, 0.1) is 5.92 Å². The molecule has 2 aromatic heterocycles. The van der Waals surface area contributed by atoms with Gasteiger partial charge < -0.3 is 14.0 Å². The molecule has 0 atom stereocenters. The SMILES string of the molecule is C=C/C=C(\C=C)OCC1CC(Oc2cnc(-c3cc(=O)[nH]o3)cn2)C1. The molecule has 0 bridgehead atoms. The first-order chi connectivity index (χ1) is 12.2. The van der Waals surface area contributed by atoms with Crippen LogP contribution in [0.1, 0.15) is 12.8 Å². The van der Waals surface area contributed by atoms with Crippen molar-refractivity contribution in [2.75, 3.05) is 6.61 Å². The molecule has 25 heavy (non-hydrogen) atoms. The summed E-state index contributed by atoms with van der Waals surface area (Å²) in [6.07, 6.45) is 10.1. The molecule has 7 nitrogen and oxygen atoms in total. The van der Waals surface area contributed by atoms with E-state index >= 15 is 0 Å². The molecule has 0 aliphatic heterocycles. The number of nitrogens with zero attached hydrogens (tertiary/aromatic N) is 2. The third kappa shape index (κ3) is 4.26. The molecule has 1 aliphatic rings. The molecule has 1 saturated carbocycles. The first-order valence-corrected chi connectivity index (χ1v) is 7.93. The Labute approximate surface area is 144 Å². The maximum Gasteiger partial charge on any atom is 0.280 e. The van der Waals surface area contributed by atoms with Crippen molar-refractivity contribution in [3.63, 3.8) is 0 Å². The van der Waals surface area contributed by atoms with Crippen molar-refractivity contribution in [3.8, 4) is 17.3 Å². The molecule has 0 unspecified atom stereocenters. The number of aromatic amines is 1. The lowest BCUT2D eigenvalue weighted by Gasteiger charge is -2.34. The van der Waals surface area contributed by atoms with Crippen LogP contribution in [-0.4, -0.2) is 27.8 Å². The predicted octanol–water partition coefficient (Wildman–Crippen LogP) is 2.85. The normalized spacial score (nSPS) is 19.8. The molecule has 7 heteroatoms. The second kappa shape index (κ2) is 7.65. The summed E-state index contributed by atoms with van der Waals surface area (Å²) < 4.78 is 16.4. The zero-order chi connectivity index (χ0) is 17.6. The lowest BCUT2D eigenvalue weighted by molar-refractivity contribution is 0.0211. The Hall–Kier alpha value is -3.09. The molecule has 1 N–H and O–H groups in total. The Morgan fingerprint density at radius 3 is 2.80 bits per heavy atom. The van der Waals surface area contributed by atoms with Crippen LogP contribution in [0.2, 0.25) is 0 Å². The summed E-state index contributed by atoms with van der Waals surface area (Å²) >= 11 is 0. The zero-order valence-corrected chi connectivity index (χ0v) is 13.7. The second-order valence-corrected chi connectivity index (χ2v) is 5.71. The van der Waals surface area contributed by atoms with Gasteiger partial charge in [0, 0.05) is 0 Å². The fourth-order valence-electron chi connectivity index (χ4n) is 2.50. The summed E-state index contributed by atoms with van der Waals surface area (Å²) in [5, 5.41) is 2.21. The van der Waals surface area contributed by atoms with Gasteiger partial charge in [-0.2, -0.15) is 5.16 Å². The Morgan fingerprint density at radius 2 is 2.20 bits per heavy atom. The number of H-pyrrole nitrogens is 1. The Bertz CT molecular complexity index is 813. The minimum Gasteiger partial charge on any atom is -0.493 e. The monoisotopic (exact) mass is 341 g/mol. The standard InChI is InChI=1S/C18H19N3O4/c1-3-5-13(4-2)23-11-12-6-14(7-12)24-18-10-19-15(9-20-18)16-8-17(22)21-25-16/h3-5,8-10,12,14H,1-2,6-7,11H2,(H,21,22)/b13-5+. The van der Waals surface area contributed by atoms with E-state index in [0.29, 0.717) is 29.9 Å². The van der Waals surface area contributed by atoms with Crippen molar-refractivity contribution < 1.29 is 14.0 Å². The van der Waals surface area contributed by atoms with E-state index in [4.69, 9.17) is 14.0 Å². The summed E-state index contributed by atoms with van der Waals surface area (Å²) in [6.45, 7) is 7.96. The van der Waals surface area contributed by atoms with E-state index in [9.17, 15) is 4.79 Å². The average Bonchev–Trinajstić information content (AvgIpc) is 3.02. The van der Waals surface area contributed by atoms with E-state index in [0.717, 1.165) is 18.6 Å². The molecule has 0 aromatic carbocycles. The highest BCUT2D eigenvalue weighted by Crippen LogP contribution is 2.31. The maximum atomic E-state index is 11.1. The minimum absolute atomic E-state index is 0.106. The average molecular weight is 341 g/mol. The van der Waals surface area contributed by atoms with Crippen molar-refractivity contribution in [3.05, 3.63) is 66.0 Å². The summed E-state index contributed by atoms with van der Waals surface area (Å²) in [4.78, 5) is 19.4. The Morgan fingerprint density at radius 1 is 1.36 bits per heavy atom. The van der Waals surface area contributed by atoms with Crippen LogP contribution < -0.4 is 10.3 Å². The molecule has 2 aromatic rings. The number of allylic oxidation sites excluding steroid dienone is 3. The lowest BCUT2D eigenvalue weighted by atomic mass is 9.83. The number of ether oxygens (including phenoxy) is 2. The number of rotatable bonds is 8. The van der Waals surface area contributed by atoms with Crippen molar-refractivity contribution in [2.24, 2.45) is 5.92 Å².